The standard InChI is InChI=1S/C14H20BrF3N2/c1-13(2,3)12(6-7-19)20-11-5-4-9(8-10(11)15)14(16,17)18/h4-5,8,12,20H,6-7,19H2,1-3H3. The van der Waals surface area contributed by atoms with Gasteiger partial charge < -0.3 is 11.1 Å². The van der Waals surface area contributed by atoms with E-state index in [9.17, 15) is 13.2 Å². The number of anilines is 1. The zero-order valence-corrected chi connectivity index (χ0v) is 13.4. The lowest BCUT2D eigenvalue weighted by Crippen LogP contribution is -2.36. The molecule has 0 radical (unpaired) electrons. The molecule has 0 aliphatic carbocycles. The Kier molecular flexibility index (Phi) is 5.49. The SMILES string of the molecule is CC(C)(C)C(CCN)Nc1ccc(C(F)(F)F)cc1Br. The highest BCUT2D eigenvalue weighted by Gasteiger charge is 2.31. The van der Waals surface area contributed by atoms with Crippen LogP contribution in [0.25, 0.3) is 0 Å². The van der Waals surface area contributed by atoms with Crippen LogP contribution in [0.1, 0.15) is 32.8 Å². The first-order chi connectivity index (χ1) is 9.05. The number of nitrogens with two attached hydrogens (primary N) is 1. The van der Waals surface area contributed by atoms with Crippen molar-refractivity contribution >= 4 is 21.6 Å². The molecule has 1 aromatic rings. The molecular formula is C14H20BrF3N2. The Labute approximate surface area is 126 Å². The fourth-order valence-electron chi connectivity index (χ4n) is 1.88. The van der Waals surface area contributed by atoms with Gasteiger partial charge in [-0.3, -0.25) is 0 Å². The van der Waals surface area contributed by atoms with E-state index in [4.69, 9.17) is 5.73 Å². The molecule has 0 saturated heterocycles. The van der Waals surface area contributed by atoms with E-state index in [2.05, 4.69) is 42.0 Å². The quantitative estimate of drug-likeness (QED) is 0.827. The van der Waals surface area contributed by atoms with Crippen molar-refractivity contribution in [2.45, 2.75) is 39.4 Å². The molecule has 0 heterocycles. The topological polar surface area (TPSA) is 38.0 Å². The van der Waals surface area contributed by atoms with Gasteiger partial charge in [-0.05, 0) is 52.5 Å². The Morgan fingerprint density at radius 2 is 1.85 bits per heavy atom. The van der Waals surface area contributed by atoms with Gasteiger partial charge in [0.25, 0.3) is 0 Å². The van der Waals surface area contributed by atoms with Crippen molar-refractivity contribution in [3.05, 3.63) is 28.2 Å². The van der Waals surface area contributed by atoms with E-state index in [-0.39, 0.29) is 11.5 Å². The van der Waals surface area contributed by atoms with Crippen LogP contribution in [0.15, 0.2) is 22.7 Å². The van der Waals surface area contributed by atoms with Gasteiger partial charge in [0, 0.05) is 16.2 Å². The smallest absolute Gasteiger partial charge is 0.381 e. The van der Waals surface area contributed by atoms with Crippen LogP contribution in [-0.4, -0.2) is 12.6 Å². The average Bonchev–Trinajstić information content (AvgIpc) is 2.28. The highest BCUT2D eigenvalue weighted by molar-refractivity contribution is 9.10. The largest absolute Gasteiger partial charge is 0.416 e. The normalized spacial score (nSPS) is 14.2. The van der Waals surface area contributed by atoms with Crippen LogP contribution in [-0.2, 0) is 6.18 Å². The molecule has 0 aliphatic rings. The third-order valence-corrected chi connectivity index (χ3v) is 3.78. The molecule has 0 amide bonds. The molecule has 0 fully saturated rings. The summed E-state index contributed by atoms with van der Waals surface area (Å²) in [4.78, 5) is 0. The molecule has 0 bridgehead atoms. The van der Waals surface area contributed by atoms with Crippen molar-refractivity contribution in [1.82, 2.24) is 0 Å². The van der Waals surface area contributed by atoms with E-state index < -0.39 is 11.7 Å². The van der Waals surface area contributed by atoms with E-state index in [1.807, 2.05) is 0 Å². The third kappa shape index (κ3) is 4.66. The van der Waals surface area contributed by atoms with Crippen LogP contribution in [0, 0.1) is 5.41 Å². The summed E-state index contributed by atoms with van der Waals surface area (Å²) in [5, 5.41) is 3.27. The molecule has 20 heavy (non-hydrogen) atoms. The van der Waals surface area contributed by atoms with Crippen molar-refractivity contribution in [1.29, 1.82) is 0 Å². The van der Waals surface area contributed by atoms with Gasteiger partial charge in [0.2, 0.25) is 0 Å². The molecule has 0 saturated carbocycles. The molecule has 0 aromatic heterocycles. The van der Waals surface area contributed by atoms with E-state index in [1.54, 1.807) is 0 Å². The summed E-state index contributed by atoms with van der Waals surface area (Å²) in [6.07, 6.45) is -3.58. The lowest BCUT2D eigenvalue weighted by molar-refractivity contribution is -0.137. The summed E-state index contributed by atoms with van der Waals surface area (Å²) < 4.78 is 38.2. The predicted octanol–water partition coefficient (Wildman–Crippen LogP) is 4.64. The summed E-state index contributed by atoms with van der Waals surface area (Å²) in [6.45, 7) is 6.72. The highest BCUT2D eigenvalue weighted by atomic mass is 79.9. The maximum absolute atomic E-state index is 12.6. The number of alkyl halides is 3. The minimum atomic E-state index is -4.33. The molecule has 0 spiro atoms. The molecule has 1 unspecified atom stereocenters. The van der Waals surface area contributed by atoms with Gasteiger partial charge in [0.05, 0.1) is 5.56 Å². The first-order valence-corrected chi connectivity index (χ1v) is 7.18. The molecular weight excluding hydrogens is 333 g/mol. The Hall–Kier alpha value is -0.750. The van der Waals surface area contributed by atoms with Gasteiger partial charge in [0.1, 0.15) is 0 Å². The average molecular weight is 353 g/mol. The monoisotopic (exact) mass is 352 g/mol. The summed E-state index contributed by atoms with van der Waals surface area (Å²) in [5.41, 5.74) is 5.54. The molecule has 1 aromatic carbocycles. The van der Waals surface area contributed by atoms with E-state index >= 15 is 0 Å². The van der Waals surface area contributed by atoms with Crippen molar-refractivity contribution in [3.8, 4) is 0 Å². The van der Waals surface area contributed by atoms with Crippen LogP contribution in [0.4, 0.5) is 18.9 Å². The fourth-order valence-corrected chi connectivity index (χ4v) is 2.38. The number of halogens is 4. The minimum absolute atomic E-state index is 0.0402. The van der Waals surface area contributed by atoms with Crippen LogP contribution in [0.2, 0.25) is 0 Å². The second-order valence-electron chi connectivity index (χ2n) is 5.83. The predicted molar refractivity (Wildman–Crippen MR) is 79.7 cm³/mol. The van der Waals surface area contributed by atoms with E-state index in [1.165, 1.54) is 6.07 Å². The number of hydrogen-bond donors (Lipinski definition) is 2. The zero-order chi connectivity index (χ0) is 15.6. The first kappa shape index (κ1) is 17.3. The summed E-state index contributed by atoms with van der Waals surface area (Å²) >= 11 is 3.19. The van der Waals surface area contributed by atoms with Crippen LogP contribution in [0.3, 0.4) is 0 Å². The molecule has 6 heteroatoms. The first-order valence-electron chi connectivity index (χ1n) is 6.39. The summed E-state index contributed by atoms with van der Waals surface area (Å²) in [5.74, 6) is 0. The van der Waals surface area contributed by atoms with Gasteiger partial charge in [0.15, 0.2) is 0 Å². The van der Waals surface area contributed by atoms with E-state index in [0.717, 1.165) is 18.6 Å². The van der Waals surface area contributed by atoms with Crippen LogP contribution in [0.5, 0.6) is 0 Å². The van der Waals surface area contributed by atoms with Crippen molar-refractivity contribution in [2.75, 3.05) is 11.9 Å². The van der Waals surface area contributed by atoms with Crippen LogP contribution >= 0.6 is 15.9 Å². The van der Waals surface area contributed by atoms with E-state index in [0.29, 0.717) is 16.7 Å². The second kappa shape index (κ2) is 6.35. The maximum atomic E-state index is 12.6. The van der Waals surface area contributed by atoms with Crippen molar-refractivity contribution < 1.29 is 13.2 Å². The summed E-state index contributed by atoms with van der Waals surface area (Å²) in [6, 6.07) is 3.70. The maximum Gasteiger partial charge on any atom is 0.416 e. The number of hydrogen-bond acceptors (Lipinski definition) is 2. The highest BCUT2D eigenvalue weighted by Crippen LogP contribution is 2.35. The Morgan fingerprint density at radius 1 is 1.25 bits per heavy atom. The molecule has 2 nitrogen and oxygen atoms in total. The summed E-state index contributed by atoms with van der Waals surface area (Å²) in [7, 11) is 0. The third-order valence-electron chi connectivity index (χ3n) is 3.13. The molecule has 114 valence electrons. The van der Waals surface area contributed by atoms with Gasteiger partial charge in [-0.2, -0.15) is 13.2 Å². The lowest BCUT2D eigenvalue weighted by atomic mass is 9.84. The Balaban J connectivity index is 2.98. The Bertz CT molecular complexity index is 453. The molecule has 3 N–H and O–H groups in total. The van der Waals surface area contributed by atoms with Crippen LogP contribution < -0.4 is 11.1 Å². The molecule has 1 rings (SSSR count). The second-order valence-corrected chi connectivity index (χ2v) is 6.69. The van der Waals surface area contributed by atoms with Gasteiger partial charge in [-0.15, -0.1) is 0 Å². The number of benzene rings is 1. The number of nitrogens with one attached hydrogen (secondary N) is 1. The van der Waals surface area contributed by atoms with Crippen molar-refractivity contribution in [3.63, 3.8) is 0 Å². The minimum Gasteiger partial charge on any atom is -0.381 e. The van der Waals surface area contributed by atoms with Crippen molar-refractivity contribution in [2.24, 2.45) is 11.1 Å². The number of rotatable bonds is 4. The van der Waals surface area contributed by atoms with Gasteiger partial charge in [-0.1, -0.05) is 20.8 Å². The zero-order valence-electron chi connectivity index (χ0n) is 11.8. The lowest BCUT2D eigenvalue weighted by Gasteiger charge is -2.32. The van der Waals surface area contributed by atoms with Gasteiger partial charge >= 0.3 is 6.18 Å². The Morgan fingerprint density at radius 3 is 2.25 bits per heavy atom. The molecule has 0 aliphatic heterocycles. The fraction of sp³-hybridized carbons (Fsp3) is 0.571. The molecule has 1 atom stereocenters. The van der Waals surface area contributed by atoms with Gasteiger partial charge in [-0.25, -0.2) is 0 Å².